The molecule has 2 N–H and O–H groups in total. The summed E-state index contributed by atoms with van der Waals surface area (Å²) >= 11 is 0. The van der Waals surface area contributed by atoms with E-state index in [1.54, 1.807) is 0 Å². The Labute approximate surface area is 103 Å². The molecular weight excluding hydrogens is 214 g/mol. The number of aromatic nitrogens is 1. The fourth-order valence-corrected chi connectivity index (χ4v) is 2.19. The summed E-state index contributed by atoms with van der Waals surface area (Å²) in [4.78, 5) is 6.79. The van der Waals surface area contributed by atoms with E-state index in [0.29, 0.717) is 6.04 Å². The number of hydrogen-bond donors (Lipinski definition) is 1. The first-order valence-corrected chi connectivity index (χ1v) is 6.08. The SMILES string of the molecule is Cc1cnc(CN(C)C2CCOC2)c(C)c1N. The maximum absolute atomic E-state index is 6.03. The highest BCUT2D eigenvalue weighted by Crippen LogP contribution is 2.20. The van der Waals surface area contributed by atoms with Crippen LogP contribution in [0.25, 0.3) is 0 Å². The van der Waals surface area contributed by atoms with Gasteiger partial charge in [-0.25, -0.2) is 0 Å². The number of nitrogen functional groups attached to an aromatic ring is 1. The monoisotopic (exact) mass is 235 g/mol. The van der Waals surface area contributed by atoms with Crippen LogP contribution in [0, 0.1) is 13.8 Å². The Bertz CT molecular complexity index is 400. The summed E-state index contributed by atoms with van der Waals surface area (Å²) in [6.45, 7) is 6.58. The molecule has 0 aromatic carbocycles. The Kier molecular flexibility index (Phi) is 3.64. The molecule has 4 heteroatoms. The highest BCUT2D eigenvalue weighted by molar-refractivity contribution is 5.53. The standard InChI is InChI=1S/C13H21N3O/c1-9-6-15-12(10(2)13(9)14)7-16(3)11-4-5-17-8-11/h6,11H,4-5,7-8H2,1-3H3,(H2,14,15). The molecule has 0 aliphatic carbocycles. The van der Waals surface area contributed by atoms with Gasteiger partial charge in [0.1, 0.15) is 0 Å². The molecule has 2 heterocycles. The van der Waals surface area contributed by atoms with Gasteiger partial charge in [0, 0.05) is 31.1 Å². The second-order valence-electron chi connectivity index (χ2n) is 4.86. The molecule has 0 saturated carbocycles. The Morgan fingerprint density at radius 1 is 1.53 bits per heavy atom. The first-order valence-electron chi connectivity index (χ1n) is 6.08. The second kappa shape index (κ2) is 5.02. The lowest BCUT2D eigenvalue weighted by Gasteiger charge is -2.23. The summed E-state index contributed by atoms with van der Waals surface area (Å²) in [7, 11) is 2.12. The summed E-state index contributed by atoms with van der Waals surface area (Å²) in [6.07, 6.45) is 2.97. The van der Waals surface area contributed by atoms with Crippen LogP contribution in [0.5, 0.6) is 0 Å². The summed E-state index contributed by atoms with van der Waals surface area (Å²) in [5.74, 6) is 0. The van der Waals surface area contributed by atoms with E-state index < -0.39 is 0 Å². The molecular formula is C13H21N3O. The van der Waals surface area contributed by atoms with Crippen LogP contribution in [0.2, 0.25) is 0 Å². The quantitative estimate of drug-likeness (QED) is 0.862. The van der Waals surface area contributed by atoms with Crippen molar-refractivity contribution in [3.63, 3.8) is 0 Å². The van der Waals surface area contributed by atoms with Crippen molar-refractivity contribution < 1.29 is 4.74 Å². The van der Waals surface area contributed by atoms with Gasteiger partial charge in [-0.15, -0.1) is 0 Å². The van der Waals surface area contributed by atoms with E-state index >= 15 is 0 Å². The molecule has 17 heavy (non-hydrogen) atoms. The highest BCUT2D eigenvalue weighted by atomic mass is 16.5. The molecule has 1 aromatic rings. The number of likely N-dealkylation sites (N-methyl/N-ethyl adjacent to an activating group) is 1. The molecule has 1 atom stereocenters. The van der Waals surface area contributed by atoms with Gasteiger partial charge >= 0.3 is 0 Å². The fraction of sp³-hybridized carbons (Fsp3) is 0.615. The molecule has 1 saturated heterocycles. The van der Waals surface area contributed by atoms with Crippen molar-refractivity contribution >= 4 is 5.69 Å². The van der Waals surface area contributed by atoms with E-state index in [2.05, 4.69) is 16.9 Å². The third-order valence-corrected chi connectivity index (χ3v) is 3.60. The van der Waals surface area contributed by atoms with E-state index in [4.69, 9.17) is 10.5 Å². The minimum absolute atomic E-state index is 0.513. The molecule has 1 aromatic heterocycles. The van der Waals surface area contributed by atoms with E-state index in [1.165, 1.54) is 0 Å². The molecule has 94 valence electrons. The Morgan fingerprint density at radius 2 is 2.29 bits per heavy atom. The number of aryl methyl sites for hydroxylation is 1. The van der Waals surface area contributed by atoms with Gasteiger partial charge in [-0.05, 0) is 38.4 Å². The van der Waals surface area contributed by atoms with Crippen LogP contribution in [-0.4, -0.2) is 36.2 Å². The summed E-state index contributed by atoms with van der Waals surface area (Å²) in [6, 6.07) is 0.513. The van der Waals surface area contributed by atoms with Crippen LogP contribution in [0.15, 0.2) is 6.20 Å². The molecule has 0 radical (unpaired) electrons. The maximum atomic E-state index is 6.03. The molecule has 1 unspecified atom stereocenters. The van der Waals surface area contributed by atoms with Crippen molar-refractivity contribution in [2.75, 3.05) is 26.0 Å². The van der Waals surface area contributed by atoms with Crippen LogP contribution < -0.4 is 5.73 Å². The summed E-state index contributed by atoms with van der Waals surface area (Å²) in [5, 5.41) is 0. The van der Waals surface area contributed by atoms with Gasteiger partial charge in [0.25, 0.3) is 0 Å². The van der Waals surface area contributed by atoms with Gasteiger partial charge in [-0.1, -0.05) is 0 Å². The lowest BCUT2D eigenvalue weighted by atomic mass is 10.1. The van der Waals surface area contributed by atoms with Crippen LogP contribution in [-0.2, 0) is 11.3 Å². The lowest BCUT2D eigenvalue weighted by molar-refractivity contribution is 0.155. The van der Waals surface area contributed by atoms with Crippen molar-refractivity contribution in [3.8, 4) is 0 Å². The minimum atomic E-state index is 0.513. The van der Waals surface area contributed by atoms with Gasteiger partial charge < -0.3 is 10.5 Å². The maximum Gasteiger partial charge on any atom is 0.0622 e. The van der Waals surface area contributed by atoms with Gasteiger partial charge in [-0.3, -0.25) is 9.88 Å². The second-order valence-corrected chi connectivity index (χ2v) is 4.86. The Balaban J connectivity index is 2.10. The molecule has 0 amide bonds. The van der Waals surface area contributed by atoms with Crippen LogP contribution >= 0.6 is 0 Å². The number of ether oxygens (including phenoxy) is 1. The van der Waals surface area contributed by atoms with Crippen molar-refractivity contribution in [2.24, 2.45) is 0 Å². The molecule has 1 aliphatic heterocycles. The predicted molar refractivity (Wildman–Crippen MR) is 68.8 cm³/mol. The molecule has 0 spiro atoms. The summed E-state index contributed by atoms with van der Waals surface area (Å²) in [5.41, 5.74) is 10.1. The van der Waals surface area contributed by atoms with E-state index in [0.717, 1.165) is 48.7 Å². The van der Waals surface area contributed by atoms with Crippen molar-refractivity contribution in [1.29, 1.82) is 0 Å². The number of anilines is 1. The number of hydrogen-bond acceptors (Lipinski definition) is 4. The number of rotatable bonds is 3. The van der Waals surface area contributed by atoms with Crippen molar-refractivity contribution in [2.45, 2.75) is 32.9 Å². The molecule has 0 bridgehead atoms. The topological polar surface area (TPSA) is 51.4 Å². The number of nitrogens with two attached hydrogens (primary N) is 1. The predicted octanol–water partition coefficient (Wildman–Crippen LogP) is 1.50. The lowest BCUT2D eigenvalue weighted by Crippen LogP contribution is -2.32. The Morgan fingerprint density at radius 3 is 2.94 bits per heavy atom. The van der Waals surface area contributed by atoms with Crippen LogP contribution in [0.4, 0.5) is 5.69 Å². The zero-order valence-corrected chi connectivity index (χ0v) is 10.9. The molecule has 2 rings (SSSR count). The average Bonchev–Trinajstić information content (AvgIpc) is 2.83. The van der Waals surface area contributed by atoms with E-state index in [9.17, 15) is 0 Å². The third-order valence-electron chi connectivity index (χ3n) is 3.60. The normalized spacial score (nSPS) is 20.1. The molecule has 1 aliphatic rings. The molecule has 1 fully saturated rings. The minimum Gasteiger partial charge on any atom is -0.398 e. The highest BCUT2D eigenvalue weighted by Gasteiger charge is 2.21. The van der Waals surface area contributed by atoms with E-state index in [1.807, 2.05) is 20.0 Å². The van der Waals surface area contributed by atoms with Crippen molar-refractivity contribution in [1.82, 2.24) is 9.88 Å². The van der Waals surface area contributed by atoms with Crippen LogP contribution in [0.1, 0.15) is 23.2 Å². The van der Waals surface area contributed by atoms with Gasteiger partial charge in [-0.2, -0.15) is 0 Å². The molecule has 4 nitrogen and oxygen atoms in total. The Hall–Kier alpha value is -1.13. The zero-order chi connectivity index (χ0) is 12.4. The van der Waals surface area contributed by atoms with Crippen molar-refractivity contribution in [3.05, 3.63) is 23.0 Å². The first-order chi connectivity index (χ1) is 8.09. The van der Waals surface area contributed by atoms with Gasteiger partial charge in [0.2, 0.25) is 0 Å². The van der Waals surface area contributed by atoms with Gasteiger partial charge in [0.05, 0.1) is 12.3 Å². The third kappa shape index (κ3) is 2.58. The average molecular weight is 235 g/mol. The fourth-order valence-electron chi connectivity index (χ4n) is 2.19. The first kappa shape index (κ1) is 12.3. The summed E-state index contributed by atoms with van der Waals surface area (Å²) < 4.78 is 5.40. The van der Waals surface area contributed by atoms with E-state index in [-0.39, 0.29) is 0 Å². The van der Waals surface area contributed by atoms with Gasteiger partial charge in [0.15, 0.2) is 0 Å². The van der Waals surface area contributed by atoms with Crippen LogP contribution in [0.3, 0.4) is 0 Å². The smallest absolute Gasteiger partial charge is 0.0622 e. The zero-order valence-electron chi connectivity index (χ0n) is 10.9. The number of pyridine rings is 1. The number of nitrogens with zero attached hydrogens (tertiary/aromatic N) is 2. The largest absolute Gasteiger partial charge is 0.398 e.